The Kier molecular flexibility index (Phi) is 15.9. The number of hydrogen-bond acceptors (Lipinski definition) is 8. The van der Waals surface area contributed by atoms with Crippen LogP contribution in [0, 0.1) is 25.7 Å². The minimum absolute atomic E-state index is 0.0935. The maximum absolute atomic E-state index is 14.0. The average molecular weight is 716 g/mol. The highest BCUT2D eigenvalue weighted by Crippen LogP contribution is 2.26. The van der Waals surface area contributed by atoms with Gasteiger partial charge in [-0.25, -0.2) is 4.79 Å². The van der Waals surface area contributed by atoms with Crippen molar-refractivity contribution in [1.82, 2.24) is 10.6 Å². The molecule has 52 heavy (non-hydrogen) atoms. The predicted molar refractivity (Wildman–Crippen MR) is 198 cm³/mol. The van der Waals surface area contributed by atoms with Crippen molar-refractivity contribution in [3.8, 4) is 5.75 Å². The number of primary amides is 1. The van der Waals surface area contributed by atoms with E-state index in [9.17, 15) is 29.1 Å². The fourth-order valence-electron chi connectivity index (χ4n) is 5.98. The Morgan fingerprint density at radius 2 is 1.40 bits per heavy atom. The van der Waals surface area contributed by atoms with Gasteiger partial charge in [-0.1, -0.05) is 60.7 Å². The van der Waals surface area contributed by atoms with Gasteiger partial charge >= 0.3 is 12.1 Å². The first-order valence-corrected chi connectivity index (χ1v) is 17.7. The monoisotopic (exact) mass is 715 g/mol. The van der Waals surface area contributed by atoms with Crippen LogP contribution in [0.3, 0.4) is 0 Å². The molecule has 3 aromatic rings. The summed E-state index contributed by atoms with van der Waals surface area (Å²) in [6.07, 6.45) is 0.579. The Morgan fingerprint density at radius 3 is 1.98 bits per heavy atom. The summed E-state index contributed by atoms with van der Waals surface area (Å²) in [5.74, 6) is -3.67. The minimum Gasteiger partial charge on any atom is -0.508 e. The highest BCUT2D eigenvalue weighted by atomic mass is 16.6. The maximum Gasteiger partial charge on any atom is 0.407 e. The number of esters is 1. The Balaban J connectivity index is 1.76. The smallest absolute Gasteiger partial charge is 0.407 e. The first-order valence-electron chi connectivity index (χ1n) is 17.7. The van der Waals surface area contributed by atoms with Crippen molar-refractivity contribution < 1.29 is 38.6 Å². The van der Waals surface area contributed by atoms with Gasteiger partial charge in [-0.15, -0.1) is 0 Å². The lowest BCUT2D eigenvalue weighted by atomic mass is 9.88. The van der Waals surface area contributed by atoms with Crippen molar-refractivity contribution in [1.29, 1.82) is 0 Å². The highest BCUT2D eigenvalue weighted by molar-refractivity contribution is 5.93. The number of carbonyl (C=O) groups is 5. The molecule has 0 heterocycles. The van der Waals surface area contributed by atoms with E-state index in [1.54, 1.807) is 32.9 Å². The van der Waals surface area contributed by atoms with E-state index in [2.05, 4.69) is 10.6 Å². The van der Waals surface area contributed by atoms with Crippen LogP contribution in [0.2, 0.25) is 0 Å². The van der Waals surface area contributed by atoms with E-state index >= 15 is 0 Å². The van der Waals surface area contributed by atoms with Gasteiger partial charge in [-0.05, 0) is 107 Å². The standard InChI is InChI=1S/C41H53N3O8/c1-27-20-33(45)21-28(2)34(27)23-32(25-37(47)52-41(3,4)5)39(49)44-35(36(46)24-31(38(42)48)22-29-14-8-6-9-15-29)18-12-13-19-43-40(50)51-26-30-16-10-7-11-17-30/h6-11,14-17,20-21,31-32,35,45H,12-13,18-19,22-26H2,1-5H3,(H2,42,48)(H,43,50)(H,44,49)/t31-,32-,35+/m1/s1. The number of nitrogens with two attached hydrogens (primary N) is 1. The molecular formula is C41H53N3O8. The molecule has 3 aromatic carbocycles. The number of phenols is 1. The van der Waals surface area contributed by atoms with Gasteiger partial charge < -0.3 is 30.9 Å². The molecule has 0 bridgehead atoms. The first kappa shape index (κ1) is 41.2. The minimum atomic E-state index is -0.988. The summed E-state index contributed by atoms with van der Waals surface area (Å²) in [6.45, 7) is 9.27. The molecule has 5 N–H and O–H groups in total. The van der Waals surface area contributed by atoms with Gasteiger partial charge in [0.1, 0.15) is 18.0 Å². The van der Waals surface area contributed by atoms with E-state index < -0.39 is 47.4 Å². The van der Waals surface area contributed by atoms with E-state index in [-0.39, 0.29) is 56.8 Å². The van der Waals surface area contributed by atoms with Crippen LogP contribution in [0.25, 0.3) is 0 Å². The predicted octanol–water partition coefficient (Wildman–Crippen LogP) is 5.78. The van der Waals surface area contributed by atoms with Crippen LogP contribution in [0.1, 0.15) is 80.7 Å². The van der Waals surface area contributed by atoms with Crippen LogP contribution >= 0.6 is 0 Å². The number of hydrogen-bond donors (Lipinski definition) is 4. The molecule has 0 aromatic heterocycles. The molecule has 0 aliphatic heterocycles. The number of amides is 3. The van der Waals surface area contributed by atoms with Gasteiger partial charge in [-0.2, -0.15) is 0 Å². The Labute approximate surface area is 306 Å². The van der Waals surface area contributed by atoms with Crippen molar-refractivity contribution in [2.45, 2.75) is 97.8 Å². The van der Waals surface area contributed by atoms with E-state index in [1.165, 1.54) is 0 Å². The molecule has 0 spiro atoms. The highest BCUT2D eigenvalue weighted by Gasteiger charge is 2.31. The number of aryl methyl sites for hydroxylation is 2. The number of rotatable bonds is 19. The number of Topliss-reactive ketones (excluding diaryl/α,β-unsaturated/α-hetero) is 1. The number of ketones is 1. The zero-order valence-corrected chi connectivity index (χ0v) is 30.9. The molecule has 0 aliphatic carbocycles. The van der Waals surface area contributed by atoms with Gasteiger partial charge in [-0.3, -0.25) is 19.2 Å². The number of carbonyl (C=O) groups excluding carboxylic acids is 5. The number of benzene rings is 3. The van der Waals surface area contributed by atoms with Gasteiger partial charge in [0, 0.05) is 18.9 Å². The van der Waals surface area contributed by atoms with Gasteiger partial charge in [0.25, 0.3) is 0 Å². The molecule has 11 heteroatoms. The molecule has 0 saturated carbocycles. The van der Waals surface area contributed by atoms with Crippen LogP contribution in [0.15, 0.2) is 72.8 Å². The second-order valence-electron chi connectivity index (χ2n) is 14.3. The fraction of sp³-hybridized carbons (Fsp3) is 0.439. The number of nitrogens with one attached hydrogen (secondary N) is 2. The van der Waals surface area contributed by atoms with Crippen molar-refractivity contribution in [2.24, 2.45) is 17.6 Å². The second kappa shape index (κ2) is 20.0. The molecule has 0 saturated heterocycles. The van der Waals surface area contributed by atoms with Gasteiger partial charge in [0.05, 0.1) is 18.4 Å². The SMILES string of the molecule is Cc1cc(O)cc(C)c1C[C@H](CC(=O)OC(C)(C)C)C(=O)N[C@@H](CCCCNC(=O)OCc1ccccc1)C(=O)C[C@@H](Cc1ccccc1)C(N)=O. The van der Waals surface area contributed by atoms with Crippen molar-refractivity contribution in [3.63, 3.8) is 0 Å². The van der Waals surface area contributed by atoms with Crippen molar-refractivity contribution >= 4 is 29.7 Å². The van der Waals surface area contributed by atoms with E-state index in [1.807, 2.05) is 74.5 Å². The van der Waals surface area contributed by atoms with Gasteiger partial charge in [0.2, 0.25) is 11.8 Å². The van der Waals surface area contributed by atoms with Crippen molar-refractivity contribution in [2.75, 3.05) is 6.54 Å². The molecule has 280 valence electrons. The van der Waals surface area contributed by atoms with Crippen LogP contribution < -0.4 is 16.4 Å². The Morgan fingerprint density at radius 1 is 0.808 bits per heavy atom. The number of unbranched alkanes of at least 4 members (excludes halogenated alkanes) is 1. The molecular weight excluding hydrogens is 662 g/mol. The average Bonchev–Trinajstić information content (AvgIpc) is 3.07. The molecule has 3 atom stereocenters. The number of ether oxygens (including phenoxy) is 2. The van der Waals surface area contributed by atoms with Crippen LogP contribution in [-0.2, 0) is 48.1 Å². The fourth-order valence-corrected chi connectivity index (χ4v) is 5.98. The van der Waals surface area contributed by atoms with E-state index in [4.69, 9.17) is 15.2 Å². The Hall–Kier alpha value is -5.19. The largest absolute Gasteiger partial charge is 0.508 e. The molecule has 0 aliphatic rings. The molecule has 3 amide bonds. The number of phenolic OH excluding ortho intramolecular Hbond substituents is 1. The summed E-state index contributed by atoms with van der Waals surface area (Å²) in [6, 6.07) is 20.7. The lowest BCUT2D eigenvalue weighted by molar-refractivity contribution is -0.157. The molecule has 3 rings (SSSR count). The summed E-state index contributed by atoms with van der Waals surface area (Å²) in [7, 11) is 0. The summed E-state index contributed by atoms with van der Waals surface area (Å²) in [4.78, 5) is 65.7. The molecule has 0 unspecified atom stereocenters. The summed E-state index contributed by atoms with van der Waals surface area (Å²) in [5, 5.41) is 15.7. The third kappa shape index (κ3) is 14.6. The number of alkyl carbamates (subject to hydrolysis) is 1. The first-order chi connectivity index (χ1) is 24.6. The molecule has 0 fully saturated rings. The lowest BCUT2D eigenvalue weighted by Gasteiger charge is -2.25. The van der Waals surface area contributed by atoms with Crippen LogP contribution in [0.4, 0.5) is 4.79 Å². The van der Waals surface area contributed by atoms with E-state index in [0.29, 0.717) is 12.8 Å². The quantitative estimate of drug-likeness (QED) is 0.0892. The number of aromatic hydroxyl groups is 1. The normalized spacial score (nSPS) is 12.9. The van der Waals surface area contributed by atoms with Gasteiger partial charge in [0.15, 0.2) is 5.78 Å². The van der Waals surface area contributed by atoms with Crippen LogP contribution in [0.5, 0.6) is 5.75 Å². The molecule has 11 nitrogen and oxygen atoms in total. The zero-order chi connectivity index (χ0) is 38.3. The summed E-state index contributed by atoms with van der Waals surface area (Å²) >= 11 is 0. The lowest BCUT2D eigenvalue weighted by Crippen LogP contribution is -2.46. The van der Waals surface area contributed by atoms with E-state index in [0.717, 1.165) is 27.8 Å². The third-order valence-electron chi connectivity index (χ3n) is 8.62. The third-order valence-corrected chi connectivity index (χ3v) is 8.62. The Bertz CT molecular complexity index is 1630. The second-order valence-corrected chi connectivity index (χ2v) is 14.3. The summed E-state index contributed by atoms with van der Waals surface area (Å²) in [5.41, 5.74) is 8.99. The molecule has 0 radical (unpaired) electrons. The zero-order valence-electron chi connectivity index (χ0n) is 30.9. The van der Waals surface area contributed by atoms with Crippen LogP contribution in [-0.4, -0.2) is 53.0 Å². The maximum atomic E-state index is 14.0. The van der Waals surface area contributed by atoms with Crippen molar-refractivity contribution in [3.05, 3.63) is 101 Å². The topological polar surface area (TPSA) is 174 Å². The summed E-state index contributed by atoms with van der Waals surface area (Å²) < 4.78 is 10.8.